The zero-order valence-electron chi connectivity index (χ0n) is 10.2. The Morgan fingerprint density at radius 1 is 1.47 bits per heavy atom. The Balaban J connectivity index is 2.21. The van der Waals surface area contributed by atoms with Crippen LogP contribution in [0.4, 0.5) is 5.13 Å². The standard InChI is InChI=1S/C10H14N4O2S3/c1-2-4-7(8-5-3-6-17-8)14-19(15,16)10-13-12-9(11)18-10/h3,5-7,14H,2,4H2,1H3,(H2,11,12). The van der Waals surface area contributed by atoms with E-state index in [2.05, 4.69) is 14.9 Å². The highest BCUT2D eigenvalue weighted by molar-refractivity contribution is 7.91. The van der Waals surface area contributed by atoms with Crippen molar-refractivity contribution in [1.82, 2.24) is 14.9 Å². The first-order valence-electron chi connectivity index (χ1n) is 5.67. The number of sulfonamides is 1. The van der Waals surface area contributed by atoms with Crippen LogP contribution < -0.4 is 10.5 Å². The summed E-state index contributed by atoms with van der Waals surface area (Å²) >= 11 is 2.39. The van der Waals surface area contributed by atoms with Crippen molar-refractivity contribution in [2.45, 2.75) is 30.1 Å². The third-order valence-electron chi connectivity index (χ3n) is 2.41. The van der Waals surface area contributed by atoms with E-state index in [9.17, 15) is 8.42 Å². The molecule has 2 heterocycles. The first kappa shape index (κ1) is 14.4. The van der Waals surface area contributed by atoms with Gasteiger partial charge in [0.25, 0.3) is 10.0 Å². The molecule has 6 nitrogen and oxygen atoms in total. The summed E-state index contributed by atoms with van der Waals surface area (Å²) in [5.41, 5.74) is 5.41. The number of aromatic nitrogens is 2. The molecule has 19 heavy (non-hydrogen) atoms. The van der Waals surface area contributed by atoms with Crippen molar-refractivity contribution in [3.8, 4) is 0 Å². The quantitative estimate of drug-likeness (QED) is 0.849. The monoisotopic (exact) mass is 318 g/mol. The van der Waals surface area contributed by atoms with Gasteiger partial charge in [-0.25, -0.2) is 13.1 Å². The SMILES string of the molecule is CCCC(NS(=O)(=O)c1nnc(N)s1)c1cccs1. The van der Waals surface area contributed by atoms with Crippen molar-refractivity contribution >= 4 is 37.8 Å². The maximum Gasteiger partial charge on any atom is 0.270 e. The molecule has 9 heteroatoms. The lowest BCUT2D eigenvalue weighted by atomic mass is 10.1. The highest BCUT2D eigenvalue weighted by Gasteiger charge is 2.24. The van der Waals surface area contributed by atoms with Crippen molar-refractivity contribution in [2.75, 3.05) is 5.73 Å². The van der Waals surface area contributed by atoms with Crippen LogP contribution in [-0.2, 0) is 10.0 Å². The predicted molar refractivity (Wildman–Crippen MR) is 76.6 cm³/mol. The molecule has 0 saturated heterocycles. The molecule has 3 N–H and O–H groups in total. The van der Waals surface area contributed by atoms with E-state index >= 15 is 0 Å². The minimum atomic E-state index is -3.67. The molecule has 1 atom stereocenters. The van der Waals surface area contributed by atoms with Crippen molar-refractivity contribution in [1.29, 1.82) is 0 Å². The van der Waals surface area contributed by atoms with Crippen LogP contribution in [-0.4, -0.2) is 18.6 Å². The molecule has 0 amide bonds. The molecule has 0 aliphatic rings. The van der Waals surface area contributed by atoms with Gasteiger partial charge >= 0.3 is 0 Å². The number of nitrogens with one attached hydrogen (secondary N) is 1. The van der Waals surface area contributed by atoms with Gasteiger partial charge in [0.15, 0.2) is 0 Å². The van der Waals surface area contributed by atoms with Gasteiger partial charge in [0.2, 0.25) is 9.47 Å². The van der Waals surface area contributed by atoms with Crippen LogP contribution in [0.5, 0.6) is 0 Å². The fraction of sp³-hybridized carbons (Fsp3) is 0.400. The molecule has 0 saturated carbocycles. The molecule has 0 aliphatic heterocycles. The van der Waals surface area contributed by atoms with E-state index < -0.39 is 10.0 Å². The summed E-state index contributed by atoms with van der Waals surface area (Å²) in [5.74, 6) is 0. The number of rotatable bonds is 6. The molecular formula is C10H14N4O2S3. The second-order valence-electron chi connectivity index (χ2n) is 3.88. The summed E-state index contributed by atoms with van der Waals surface area (Å²) < 4.78 is 26.9. The third-order valence-corrected chi connectivity index (χ3v) is 5.99. The summed E-state index contributed by atoms with van der Waals surface area (Å²) in [6.07, 6.45) is 1.61. The molecule has 0 radical (unpaired) electrons. The average Bonchev–Trinajstić information content (AvgIpc) is 2.98. The number of thiophene rings is 1. The summed E-state index contributed by atoms with van der Waals surface area (Å²) in [7, 11) is -3.67. The van der Waals surface area contributed by atoms with E-state index in [0.717, 1.165) is 29.1 Å². The Bertz CT molecular complexity index is 621. The molecule has 0 fully saturated rings. The fourth-order valence-corrected chi connectivity index (χ4v) is 4.54. The van der Waals surface area contributed by atoms with E-state index in [1.54, 1.807) is 0 Å². The number of hydrogen-bond donors (Lipinski definition) is 2. The van der Waals surface area contributed by atoms with E-state index in [-0.39, 0.29) is 15.5 Å². The third kappa shape index (κ3) is 3.50. The van der Waals surface area contributed by atoms with Gasteiger partial charge in [0, 0.05) is 4.88 Å². The molecule has 1 unspecified atom stereocenters. The molecule has 0 aromatic carbocycles. The van der Waals surface area contributed by atoms with Gasteiger partial charge in [-0.1, -0.05) is 30.7 Å². The highest BCUT2D eigenvalue weighted by atomic mass is 32.2. The van der Waals surface area contributed by atoms with Gasteiger partial charge in [-0.15, -0.1) is 21.5 Å². The molecule has 0 spiro atoms. The molecular weight excluding hydrogens is 304 g/mol. The van der Waals surface area contributed by atoms with Gasteiger partial charge in [-0.3, -0.25) is 0 Å². The van der Waals surface area contributed by atoms with Crippen LogP contribution in [0.1, 0.15) is 30.7 Å². The first-order valence-corrected chi connectivity index (χ1v) is 8.85. The summed E-state index contributed by atoms with van der Waals surface area (Å²) in [4.78, 5) is 0.989. The second-order valence-corrected chi connectivity index (χ2v) is 7.76. The molecule has 2 aromatic rings. The molecule has 2 rings (SSSR count). The van der Waals surface area contributed by atoms with Crippen molar-refractivity contribution < 1.29 is 8.42 Å². The van der Waals surface area contributed by atoms with Crippen LogP contribution in [0.2, 0.25) is 0 Å². The van der Waals surface area contributed by atoms with Crippen LogP contribution in [0.3, 0.4) is 0 Å². The van der Waals surface area contributed by atoms with Crippen LogP contribution in [0.25, 0.3) is 0 Å². The van der Waals surface area contributed by atoms with E-state index in [4.69, 9.17) is 5.73 Å². The Morgan fingerprint density at radius 2 is 2.26 bits per heavy atom. The van der Waals surface area contributed by atoms with Gasteiger partial charge in [-0.05, 0) is 17.9 Å². The normalized spacial score (nSPS) is 13.5. The predicted octanol–water partition coefficient (Wildman–Crippen LogP) is 2.00. The zero-order valence-corrected chi connectivity index (χ0v) is 12.7. The number of nitrogen functional groups attached to an aromatic ring is 1. The number of hydrogen-bond acceptors (Lipinski definition) is 7. The van der Waals surface area contributed by atoms with E-state index in [0.29, 0.717) is 0 Å². The van der Waals surface area contributed by atoms with E-state index in [1.165, 1.54) is 11.3 Å². The Labute approximate surface area is 119 Å². The lowest BCUT2D eigenvalue weighted by molar-refractivity contribution is 0.539. The van der Waals surface area contributed by atoms with Gasteiger partial charge in [0.05, 0.1) is 6.04 Å². The summed E-state index contributed by atoms with van der Waals surface area (Å²) in [5, 5.41) is 9.18. The summed E-state index contributed by atoms with van der Waals surface area (Å²) in [6, 6.07) is 3.59. The van der Waals surface area contributed by atoms with Crippen molar-refractivity contribution in [2.24, 2.45) is 0 Å². The fourth-order valence-electron chi connectivity index (χ4n) is 1.60. The second kappa shape index (κ2) is 5.95. The van der Waals surface area contributed by atoms with E-state index in [1.807, 2.05) is 24.4 Å². The molecule has 0 bridgehead atoms. The maximum absolute atomic E-state index is 12.2. The highest BCUT2D eigenvalue weighted by Crippen LogP contribution is 2.26. The number of nitrogens with two attached hydrogens (primary N) is 1. The molecule has 104 valence electrons. The van der Waals surface area contributed by atoms with Crippen LogP contribution in [0, 0.1) is 0 Å². The molecule has 0 aliphatic carbocycles. The smallest absolute Gasteiger partial charge is 0.270 e. The Hall–Kier alpha value is -1.03. The zero-order chi connectivity index (χ0) is 13.9. The topological polar surface area (TPSA) is 98.0 Å². The van der Waals surface area contributed by atoms with Crippen LogP contribution >= 0.6 is 22.7 Å². The first-order chi connectivity index (χ1) is 9.03. The van der Waals surface area contributed by atoms with Crippen LogP contribution in [0.15, 0.2) is 21.9 Å². The van der Waals surface area contributed by atoms with Crippen molar-refractivity contribution in [3.05, 3.63) is 22.4 Å². The van der Waals surface area contributed by atoms with Gasteiger partial charge < -0.3 is 5.73 Å². The minimum absolute atomic E-state index is 0.0948. The Morgan fingerprint density at radius 3 is 2.79 bits per heavy atom. The van der Waals surface area contributed by atoms with Gasteiger partial charge in [0.1, 0.15) is 0 Å². The largest absolute Gasteiger partial charge is 0.374 e. The minimum Gasteiger partial charge on any atom is -0.374 e. The van der Waals surface area contributed by atoms with Crippen molar-refractivity contribution in [3.63, 3.8) is 0 Å². The number of anilines is 1. The lowest BCUT2D eigenvalue weighted by Crippen LogP contribution is -2.28. The average molecular weight is 318 g/mol. The lowest BCUT2D eigenvalue weighted by Gasteiger charge is -2.15. The maximum atomic E-state index is 12.2. The Kier molecular flexibility index (Phi) is 4.50. The molecule has 2 aromatic heterocycles. The number of nitrogens with zero attached hydrogens (tertiary/aromatic N) is 2. The summed E-state index contributed by atoms with van der Waals surface area (Å²) in [6.45, 7) is 2.01. The van der Waals surface area contributed by atoms with Gasteiger partial charge in [-0.2, -0.15) is 0 Å².